The highest BCUT2D eigenvalue weighted by atomic mass is 19.4. The number of ether oxygens (including phenoxy) is 2. The van der Waals surface area contributed by atoms with Crippen LogP contribution in [0.15, 0.2) is 41.4 Å². The Morgan fingerprint density at radius 1 is 0.367 bits per heavy atom. The van der Waals surface area contributed by atoms with Crippen molar-refractivity contribution < 1.29 is 128 Å². The second kappa shape index (κ2) is 27.7. The van der Waals surface area contributed by atoms with Gasteiger partial charge in [0.05, 0.1) is 18.9 Å². The average Bonchev–Trinajstić information content (AvgIpc) is 3.32. The molecule has 0 aromatic heterocycles. The number of rotatable bonds is 36. The van der Waals surface area contributed by atoms with Crippen molar-refractivity contribution in [2.24, 2.45) is 4.99 Å². The van der Waals surface area contributed by atoms with Gasteiger partial charge in [-0.2, -0.15) is 119 Å². The zero-order valence-corrected chi connectivity index (χ0v) is 41.8. The fourth-order valence-corrected chi connectivity index (χ4v) is 7.58. The molecule has 0 spiro atoms. The summed E-state index contributed by atoms with van der Waals surface area (Å²) < 4.78 is 372. The van der Waals surface area contributed by atoms with E-state index in [2.05, 4.69) is 4.99 Å². The van der Waals surface area contributed by atoms with Crippen LogP contribution < -0.4 is 9.47 Å². The van der Waals surface area contributed by atoms with Crippen molar-refractivity contribution in [1.82, 2.24) is 0 Å². The molecule has 0 fully saturated rings. The van der Waals surface area contributed by atoms with E-state index in [4.69, 9.17) is 9.47 Å². The van der Waals surface area contributed by atoms with Crippen LogP contribution in [-0.4, -0.2) is 91.3 Å². The number of hydrogen-bond acceptors (Lipinski definition) is 3. The van der Waals surface area contributed by atoms with Gasteiger partial charge in [0.2, 0.25) is 0 Å². The Labute approximate surface area is 436 Å². The molecule has 0 aliphatic carbocycles. The van der Waals surface area contributed by atoms with Crippen LogP contribution >= 0.6 is 0 Å². The Hall–Kier alpha value is -4.18. The third kappa shape index (κ3) is 17.7. The first kappa shape index (κ1) is 70.9. The molecule has 0 bridgehead atoms. The molecule has 0 amide bonds. The van der Waals surface area contributed by atoms with Crippen molar-refractivity contribution >= 4 is 11.9 Å². The van der Waals surface area contributed by atoms with Crippen LogP contribution in [0.4, 0.5) is 124 Å². The molecule has 3 nitrogen and oxygen atoms in total. The maximum atomic E-state index is 14.2. The summed E-state index contributed by atoms with van der Waals surface area (Å²) in [5, 5.41) is 0. The summed E-state index contributed by atoms with van der Waals surface area (Å²) >= 11 is 0. The Balaban J connectivity index is 2.43. The highest BCUT2D eigenvalue weighted by molar-refractivity contribution is 5.85. The van der Waals surface area contributed by atoms with E-state index in [-0.39, 0.29) is 67.6 Å². The minimum atomic E-state index is -7.11. The van der Waals surface area contributed by atoms with Gasteiger partial charge >= 0.3 is 71.8 Å². The highest BCUT2D eigenvalue weighted by Gasteiger charge is 2.83. The largest absolute Gasteiger partial charge is 0.490 e. The van der Waals surface area contributed by atoms with Gasteiger partial charge in [-0.05, 0) is 93.2 Å². The lowest BCUT2D eigenvalue weighted by atomic mass is 9.96. The number of nitrogens with zero attached hydrogens (tertiary/aromatic N) is 1. The number of hydrogen-bond donors (Lipinski definition) is 0. The summed E-state index contributed by atoms with van der Waals surface area (Å²) in [7, 11) is 0. The van der Waals surface area contributed by atoms with Crippen molar-refractivity contribution in [3.63, 3.8) is 0 Å². The number of alkyl halides is 27. The van der Waals surface area contributed by atoms with Crippen LogP contribution in [0.5, 0.6) is 11.5 Å². The molecule has 2 aromatic rings. The highest BCUT2D eigenvalue weighted by Crippen LogP contribution is 2.57. The van der Waals surface area contributed by atoms with Crippen LogP contribution in [0.1, 0.15) is 146 Å². The van der Waals surface area contributed by atoms with Crippen molar-refractivity contribution in [3.8, 4) is 11.5 Å². The second-order valence-electron chi connectivity index (χ2n) is 18.7. The van der Waals surface area contributed by atoms with E-state index in [0.717, 1.165) is 37.7 Å². The first-order chi connectivity index (χ1) is 35.9. The van der Waals surface area contributed by atoms with E-state index in [0.29, 0.717) is 5.69 Å². The van der Waals surface area contributed by atoms with E-state index in [1.54, 1.807) is 24.3 Å². The predicted molar refractivity (Wildman–Crippen MR) is 235 cm³/mol. The molecule has 0 saturated heterocycles. The van der Waals surface area contributed by atoms with Gasteiger partial charge in [0.15, 0.2) is 11.5 Å². The molecule has 0 aliphatic heterocycles. The maximum absolute atomic E-state index is 14.2. The van der Waals surface area contributed by atoms with Crippen LogP contribution in [0.3, 0.4) is 0 Å². The molecule has 2 aromatic carbocycles. The summed E-state index contributed by atoms with van der Waals surface area (Å²) in [6.45, 7) is 1.16. The van der Waals surface area contributed by atoms with Gasteiger partial charge in [-0.25, -0.2) is 0 Å². The number of aryl methyl sites for hydroxylation is 1. The number of aliphatic imine (C=N–C) groups is 1. The monoisotopic (exact) mass is 1200 g/mol. The Morgan fingerprint density at radius 3 is 1.11 bits per heavy atom. The van der Waals surface area contributed by atoms with Crippen LogP contribution in [0.2, 0.25) is 0 Å². The molecule has 0 atom stereocenters. The van der Waals surface area contributed by atoms with E-state index < -0.39 is 143 Å². The summed E-state index contributed by atoms with van der Waals surface area (Å²) in [5.74, 6) is -59.8. The van der Waals surface area contributed by atoms with Gasteiger partial charge in [-0.15, -0.1) is 0 Å². The van der Waals surface area contributed by atoms with E-state index in [1.807, 2.05) is 6.92 Å². The molecule has 79 heavy (non-hydrogen) atoms. The van der Waals surface area contributed by atoms with E-state index >= 15 is 0 Å². The Bertz CT molecular complexity index is 2170. The summed E-state index contributed by atoms with van der Waals surface area (Å²) in [5.41, 5.74) is 1.66. The molecule has 0 heterocycles. The smallest absolute Gasteiger partial charge is 0.460 e. The molecular formula is C49H56F27NO2. The van der Waals surface area contributed by atoms with Gasteiger partial charge in [0.1, 0.15) is 0 Å². The topological polar surface area (TPSA) is 30.8 Å². The van der Waals surface area contributed by atoms with Crippen molar-refractivity contribution in [2.45, 2.75) is 214 Å². The summed E-state index contributed by atoms with van der Waals surface area (Å²) in [4.78, 5) is 4.42. The molecular weight excluding hydrogens is 1150 g/mol. The third-order valence-corrected chi connectivity index (χ3v) is 12.4. The summed E-state index contributed by atoms with van der Waals surface area (Å²) in [6.07, 6.45) is -27.4. The second-order valence-corrected chi connectivity index (χ2v) is 18.7. The van der Waals surface area contributed by atoms with E-state index in [9.17, 15) is 119 Å². The SMILES string of the molecule is CCCCCCc1ccc(N=Cc2ccc(OCCCCCCC(F)(F)C(F)(F)C(F)(F)C(F)(F)F)c(OCCCCCCC(F)(F)C(F)(F)C(F)(F)C(F)(F)F)c2CCCCCCC(F)(F)C(F)(F)C(F)(F)C(F)(F)F)cc1. The molecule has 2 rings (SSSR count). The predicted octanol–water partition coefficient (Wildman–Crippen LogP) is 20.1. The Kier molecular flexibility index (Phi) is 24.9. The minimum Gasteiger partial charge on any atom is -0.490 e. The molecule has 0 unspecified atom stereocenters. The number of halogens is 27. The zero-order chi connectivity index (χ0) is 60.8. The fraction of sp³-hybridized carbons (Fsp3) is 0.735. The average molecular weight is 1200 g/mol. The normalized spacial score (nSPS) is 14.4. The van der Waals surface area contributed by atoms with Crippen molar-refractivity contribution in [2.75, 3.05) is 13.2 Å². The molecule has 0 aliphatic rings. The summed E-state index contributed by atoms with van der Waals surface area (Å²) in [6, 6.07) is 9.48. The first-order valence-corrected chi connectivity index (χ1v) is 24.6. The molecule has 458 valence electrons. The van der Waals surface area contributed by atoms with Crippen LogP contribution in [0, 0.1) is 0 Å². The third-order valence-electron chi connectivity index (χ3n) is 12.4. The van der Waals surface area contributed by atoms with Gasteiger partial charge < -0.3 is 9.47 Å². The number of unbranched alkanes of at least 4 members (excludes halogenated alkanes) is 12. The van der Waals surface area contributed by atoms with E-state index in [1.165, 1.54) is 18.3 Å². The molecule has 30 heteroatoms. The maximum Gasteiger partial charge on any atom is 0.460 e. The quantitative estimate of drug-likeness (QED) is 0.0387. The lowest BCUT2D eigenvalue weighted by Crippen LogP contribution is -2.60. The van der Waals surface area contributed by atoms with Crippen molar-refractivity contribution in [1.29, 1.82) is 0 Å². The Morgan fingerprint density at radius 2 is 0.722 bits per heavy atom. The fourth-order valence-electron chi connectivity index (χ4n) is 7.58. The van der Waals surface area contributed by atoms with Crippen molar-refractivity contribution in [3.05, 3.63) is 53.1 Å². The molecule has 0 saturated carbocycles. The first-order valence-electron chi connectivity index (χ1n) is 24.6. The number of benzene rings is 2. The van der Waals surface area contributed by atoms with Gasteiger partial charge in [0, 0.05) is 31.0 Å². The minimum absolute atomic E-state index is 0.126. The zero-order valence-electron chi connectivity index (χ0n) is 41.8. The lowest BCUT2D eigenvalue weighted by molar-refractivity contribution is -0.396. The van der Waals surface area contributed by atoms with Gasteiger partial charge in [-0.3, -0.25) is 4.99 Å². The standard InChI is InChI=1S/C49H56F27NO2/c1-2-3-4-11-18-32-20-23-34(24-21-32)77-31-33-22-25-36(78-29-16-9-7-14-27-39(52,53)42(58,59)45(64,65)48(71,72)73)37(79-30-17-10-8-15-28-40(54,55)43(60,61)46(66,67)49(74,75)76)35(33)19-12-5-6-13-26-38(50,51)41(56,57)44(62,63)47(68,69)70/h20-25,31H,2-19,26-30H2,1H3. The lowest BCUT2D eigenvalue weighted by Gasteiger charge is -2.33. The molecule has 0 N–H and O–H groups in total. The van der Waals surface area contributed by atoms with Crippen LogP contribution in [0.25, 0.3) is 0 Å². The van der Waals surface area contributed by atoms with Crippen LogP contribution in [-0.2, 0) is 12.8 Å². The molecule has 0 radical (unpaired) electrons. The van der Waals surface area contributed by atoms with Gasteiger partial charge in [0.25, 0.3) is 0 Å². The van der Waals surface area contributed by atoms with Gasteiger partial charge in [-0.1, -0.05) is 76.8 Å².